The number of carbonyl (C=O) groups excluding carboxylic acids is 1. The van der Waals surface area contributed by atoms with Gasteiger partial charge in [-0.2, -0.15) is 4.80 Å². The molecule has 21 heavy (non-hydrogen) atoms. The smallest absolute Gasteiger partial charge is 0.228 e. The van der Waals surface area contributed by atoms with E-state index in [1.54, 1.807) is 4.80 Å². The van der Waals surface area contributed by atoms with Gasteiger partial charge in [0.1, 0.15) is 0 Å². The number of hydrogen-bond acceptors (Lipinski definition) is 4. The zero-order valence-electron chi connectivity index (χ0n) is 13.1. The van der Waals surface area contributed by atoms with E-state index in [1.165, 1.54) is 25.7 Å². The molecule has 0 aromatic carbocycles. The zero-order valence-corrected chi connectivity index (χ0v) is 13.1. The summed E-state index contributed by atoms with van der Waals surface area (Å²) in [5.74, 6) is 2.90. The molecule has 1 N–H and O–H groups in total. The molecule has 4 atom stereocenters. The first-order valence-corrected chi connectivity index (χ1v) is 8.10. The monoisotopic (exact) mass is 291 g/mol. The van der Waals surface area contributed by atoms with E-state index in [1.807, 2.05) is 13.8 Å². The minimum absolute atomic E-state index is 0.00794. The number of nitrogens with zero attached hydrogens (tertiary/aromatic N) is 4. The number of nitrogens with one attached hydrogen (secondary N) is 1. The molecule has 2 bridgehead atoms. The number of hydrogen-bond donors (Lipinski definition) is 1. The molecule has 1 aromatic rings. The van der Waals surface area contributed by atoms with E-state index < -0.39 is 0 Å². The molecule has 6 heteroatoms. The van der Waals surface area contributed by atoms with Crippen LogP contribution in [0.15, 0.2) is 0 Å². The maximum absolute atomic E-state index is 12.1. The SMILES string of the molecule is CC(C)n1nnc(CC(=O)N[C@@H](C)[C@H]2C[C@@H]3CC[C@@H]2C3)n1. The van der Waals surface area contributed by atoms with Gasteiger partial charge in [0.15, 0.2) is 5.82 Å². The van der Waals surface area contributed by atoms with Crippen LogP contribution >= 0.6 is 0 Å². The van der Waals surface area contributed by atoms with Gasteiger partial charge in [-0.15, -0.1) is 10.2 Å². The normalized spacial score (nSPS) is 29.0. The first-order valence-electron chi connectivity index (χ1n) is 8.10. The van der Waals surface area contributed by atoms with Gasteiger partial charge in [-0.3, -0.25) is 4.79 Å². The molecule has 2 aliphatic rings. The van der Waals surface area contributed by atoms with Gasteiger partial charge >= 0.3 is 0 Å². The van der Waals surface area contributed by atoms with Crippen LogP contribution in [-0.4, -0.2) is 32.2 Å². The average molecular weight is 291 g/mol. The van der Waals surface area contributed by atoms with Crippen LogP contribution in [0, 0.1) is 17.8 Å². The Balaban J connectivity index is 1.51. The molecule has 1 aromatic heterocycles. The molecule has 3 rings (SSSR count). The van der Waals surface area contributed by atoms with Crippen molar-refractivity contribution in [3.05, 3.63) is 5.82 Å². The van der Waals surface area contributed by atoms with Crippen LogP contribution in [-0.2, 0) is 11.2 Å². The Hall–Kier alpha value is -1.46. The fourth-order valence-corrected chi connectivity index (χ4v) is 4.01. The lowest BCUT2D eigenvalue weighted by atomic mass is 9.84. The maximum atomic E-state index is 12.1. The molecule has 116 valence electrons. The summed E-state index contributed by atoms with van der Waals surface area (Å²) < 4.78 is 0. The summed E-state index contributed by atoms with van der Waals surface area (Å²) in [4.78, 5) is 13.7. The first-order chi connectivity index (χ1) is 10.0. The van der Waals surface area contributed by atoms with E-state index in [0.29, 0.717) is 11.7 Å². The highest BCUT2D eigenvalue weighted by atomic mass is 16.1. The molecule has 0 spiro atoms. The van der Waals surface area contributed by atoms with Crippen molar-refractivity contribution in [3.8, 4) is 0 Å². The summed E-state index contributed by atoms with van der Waals surface area (Å²) in [5.41, 5.74) is 0. The van der Waals surface area contributed by atoms with Gasteiger partial charge < -0.3 is 5.32 Å². The van der Waals surface area contributed by atoms with E-state index in [-0.39, 0.29) is 24.4 Å². The third-order valence-corrected chi connectivity index (χ3v) is 5.07. The molecule has 0 radical (unpaired) electrons. The number of amides is 1. The Morgan fingerprint density at radius 2 is 2.14 bits per heavy atom. The van der Waals surface area contributed by atoms with Crippen molar-refractivity contribution < 1.29 is 4.79 Å². The zero-order chi connectivity index (χ0) is 15.0. The lowest BCUT2D eigenvalue weighted by Gasteiger charge is -2.28. The Morgan fingerprint density at radius 3 is 2.71 bits per heavy atom. The highest BCUT2D eigenvalue weighted by Gasteiger charge is 2.42. The molecule has 2 fully saturated rings. The highest BCUT2D eigenvalue weighted by molar-refractivity contribution is 5.77. The van der Waals surface area contributed by atoms with E-state index in [0.717, 1.165) is 11.8 Å². The Labute approximate surface area is 125 Å². The predicted octanol–water partition coefficient (Wildman–Crippen LogP) is 1.74. The number of rotatable bonds is 5. The van der Waals surface area contributed by atoms with Crippen molar-refractivity contribution >= 4 is 5.91 Å². The van der Waals surface area contributed by atoms with Gasteiger partial charge in [-0.1, -0.05) is 6.42 Å². The molecular formula is C15H25N5O. The fraction of sp³-hybridized carbons (Fsp3) is 0.867. The third-order valence-electron chi connectivity index (χ3n) is 5.07. The molecule has 2 aliphatic carbocycles. The summed E-state index contributed by atoms with van der Waals surface area (Å²) in [6.45, 7) is 6.12. The topological polar surface area (TPSA) is 72.7 Å². The second kappa shape index (κ2) is 5.73. The van der Waals surface area contributed by atoms with Gasteiger partial charge in [-0.05, 0) is 63.0 Å². The van der Waals surface area contributed by atoms with Gasteiger partial charge in [-0.25, -0.2) is 0 Å². The predicted molar refractivity (Wildman–Crippen MR) is 78.4 cm³/mol. The first kappa shape index (κ1) is 14.5. The van der Waals surface area contributed by atoms with Crippen LogP contribution in [0.3, 0.4) is 0 Å². The number of carbonyl (C=O) groups is 1. The molecular weight excluding hydrogens is 266 g/mol. The van der Waals surface area contributed by atoms with E-state index >= 15 is 0 Å². The summed E-state index contributed by atoms with van der Waals surface area (Å²) in [5, 5.41) is 15.3. The molecule has 0 saturated heterocycles. The van der Waals surface area contributed by atoms with Crippen LogP contribution in [0.5, 0.6) is 0 Å². The largest absolute Gasteiger partial charge is 0.353 e. The Bertz CT molecular complexity index is 512. The highest BCUT2D eigenvalue weighted by Crippen LogP contribution is 2.49. The van der Waals surface area contributed by atoms with E-state index in [2.05, 4.69) is 27.7 Å². The van der Waals surface area contributed by atoms with Crippen molar-refractivity contribution in [3.63, 3.8) is 0 Å². The Morgan fingerprint density at radius 1 is 1.33 bits per heavy atom. The minimum atomic E-state index is 0.00794. The van der Waals surface area contributed by atoms with Crippen molar-refractivity contribution in [1.82, 2.24) is 25.5 Å². The molecule has 1 heterocycles. The number of aromatic nitrogens is 4. The summed E-state index contributed by atoms with van der Waals surface area (Å²) in [6.07, 6.45) is 5.62. The van der Waals surface area contributed by atoms with Gasteiger partial charge in [0, 0.05) is 6.04 Å². The average Bonchev–Trinajstić information content (AvgIpc) is 3.13. The Kier molecular flexibility index (Phi) is 3.95. The number of fused-ring (bicyclic) bond motifs is 2. The lowest BCUT2D eigenvalue weighted by molar-refractivity contribution is -0.121. The van der Waals surface area contributed by atoms with Crippen LogP contribution in [0.2, 0.25) is 0 Å². The van der Waals surface area contributed by atoms with Crippen LogP contribution in [0.25, 0.3) is 0 Å². The standard InChI is InChI=1S/C15H25N5O/c1-9(2)20-18-14(17-19-20)8-15(21)16-10(3)13-7-11-4-5-12(13)6-11/h9-13H,4-8H2,1-3H3,(H,16,21)/t10-,11+,12+,13+/m0/s1. The number of tetrazole rings is 1. The lowest BCUT2D eigenvalue weighted by Crippen LogP contribution is -2.40. The maximum Gasteiger partial charge on any atom is 0.228 e. The molecule has 2 saturated carbocycles. The van der Waals surface area contributed by atoms with Gasteiger partial charge in [0.2, 0.25) is 5.91 Å². The van der Waals surface area contributed by atoms with Crippen LogP contribution in [0.4, 0.5) is 0 Å². The molecule has 0 aliphatic heterocycles. The van der Waals surface area contributed by atoms with Crippen molar-refractivity contribution in [1.29, 1.82) is 0 Å². The second-order valence-corrected chi connectivity index (χ2v) is 6.99. The molecule has 6 nitrogen and oxygen atoms in total. The van der Waals surface area contributed by atoms with Gasteiger partial charge in [0.05, 0.1) is 12.5 Å². The minimum Gasteiger partial charge on any atom is -0.353 e. The second-order valence-electron chi connectivity index (χ2n) is 6.99. The van der Waals surface area contributed by atoms with Crippen LogP contribution < -0.4 is 5.32 Å². The molecule has 0 unspecified atom stereocenters. The fourth-order valence-electron chi connectivity index (χ4n) is 4.01. The van der Waals surface area contributed by atoms with Crippen molar-refractivity contribution in [2.45, 2.75) is 65.0 Å². The summed E-state index contributed by atoms with van der Waals surface area (Å²) in [7, 11) is 0. The third kappa shape index (κ3) is 3.09. The van der Waals surface area contributed by atoms with Crippen LogP contribution in [0.1, 0.15) is 58.3 Å². The van der Waals surface area contributed by atoms with E-state index in [4.69, 9.17) is 0 Å². The quantitative estimate of drug-likeness (QED) is 0.897. The van der Waals surface area contributed by atoms with E-state index in [9.17, 15) is 4.79 Å². The van der Waals surface area contributed by atoms with Crippen molar-refractivity contribution in [2.24, 2.45) is 17.8 Å². The summed E-state index contributed by atoms with van der Waals surface area (Å²) in [6, 6.07) is 0.426. The van der Waals surface area contributed by atoms with Crippen molar-refractivity contribution in [2.75, 3.05) is 0 Å². The summed E-state index contributed by atoms with van der Waals surface area (Å²) >= 11 is 0. The molecule has 1 amide bonds. The van der Waals surface area contributed by atoms with Gasteiger partial charge in [0.25, 0.3) is 0 Å².